The van der Waals surface area contributed by atoms with E-state index in [2.05, 4.69) is 0 Å². The third-order valence-corrected chi connectivity index (χ3v) is 3.13. The van der Waals surface area contributed by atoms with Crippen molar-refractivity contribution in [2.24, 2.45) is 28.9 Å². The number of unbranched alkanes of at least 4 members (excludes halogenated alkanes) is 1. The van der Waals surface area contributed by atoms with Crippen LogP contribution in [0.25, 0.3) is 0 Å². The van der Waals surface area contributed by atoms with E-state index < -0.39 is 42.1 Å². The molecule has 27 heavy (non-hydrogen) atoms. The molecule has 162 valence electrons. The maximum Gasteiger partial charge on any atom is 0.323 e. The van der Waals surface area contributed by atoms with Gasteiger partial charge in [0.1, 0.15) is 18.1 Å². The number of aliphatic carboxylic acids is 3. The van der Waals surface area contributed by atoms with E-state index >= 15 is 0 Å². The van der Waals surface area contributed by atoms with Crippen molar-refractivity contribution in [3.63, 3.8) is 0 Å². The predicted molar refractivity (Wildman–Crippen MR) is 101 cm³/mol. The molecule has 0 aromatic heterocycles. The number of carboxylic acids is 3. The van der Waals surface area contributed by atoms with Gasteiger partial charge >= 0.3 is 17.9 Å². The zero-order valence-corrected chi connectivity index (χ0v) is 16.2. The minimum absolute atomic E-state index is 0.357. The summed E-state index contributed by atoms with van der Waals surface area (Å²) in [5.41, 5.74) is 20.5. The second-order valence-electron chi connectivity index (χ2n) is 6.41. The Balaban J connectivity index is -0.000000322. The maximum atomic E-state index is 10.1. The number of hydrogen-bond donors (Lipinski definition) is 8. The van der Waals surface area contributed by atoms with Crippen LogP contribution in [0.5, 0.6) is 0 Å². The number of aliphatic hydroxyl groups is 1. The standard InChI is InChI=1S/C6H14N2O2.C6H13NO2.C4H9NO3/c7-4-2-1-3-5(8)6(9)10;1-4(2)3-5(7)6(8)9;1-2(6)3(5)4(7)8/h5H,1-4,7-8H2,(H,9,10);4-5H,3,7H2,1-2H3,(H,8,9);2-3,6H,5H2,1H3,(H,7,8). The Morgan fingerprint density at radius 3 is 1.44 bits per heavy atom. The molecule has 0 aliphatic heterocycles. The summed E-state index contributed by atoms with van der Waals surface area (Å²) in [4.78, 5) is 30.1. The number of carboxylic acid groups (broad SMARTS) is 3. The Bertz CT molecular complexity index is 420. The Hall–Kier alpha value is -1.79. The molecule has 0 heterocycles. The molecule has 4 atom stereocenters. The van der Waals surface area contributed by atoms with Crippen LogP contribution in [0.4, 0.5) is 0 Å². The largest absolute Gasteiger partial charge is 0.480 e. The van der Waals surface area contributed by atoms with Crippen LogP contribution in [0.3, 0.4) is 0 Å². The lowest BCUT2D eigenvalue weighted by molar-refractivity contribution is -0.141. The molecule has 0 fully saturated rings. The van der Waals surface area contributed by atoms with Crippen molar-refractivity contribution in [2.75, 3.05) is 6.54 Å². The second-order valence-corrected chi connectivity index (χ2v) is 6.41. The molecule has 0 spiro atoms. The fourth-order valence-corrected chi connectivity index (χ4v) is 1.45. The van der Waals surface area contributed by atoms with Crippen LogP contribution < -0.4 is 22.9 Å². The highest BCUT2D eigenvalue weighted by molar-refractivity contribution is 5.74. The van der Waals surface area contributed by atoms with Gasteiger partial charge in [0.2, 0.25) is 0 Å². The molecule has 0 aromatic rings. The lowest BCUT2D eigenvalue weighted by atomic mass is 10.1. The summed E-state index contributed by atoms with van der Waals surface area (Å²) in [6.45, 7) is 5.83. The molecule has 0 rings (SSSR count). The topological polar surface area (TPSA) is 236 Å². The van der Waals surface area contributed by atoms with Crippen LogP contribution in [0.15, 0.2) is 0 Å². The Kier molecular flexibility index (Phi) is 19.5. The van der Waals surface area contributed by atoms with Gasteiger partial charge in [-0.2, -0.15) is 0 Å². The fraction of sp³-hybridized carbons (Fsp3) is 0.812. The van der Waals surface area contributed by atoms with Gasteiger partial charge < -0.3 is 43.4 Å². The first-order valence-corrected chi connectivity index (χ1v) is 8.61. The molecule has 0 aromatic carbocycles. The molecule has 0 aliphatic rings. The third-order valence-electron chi connectivity index (χ3n) is 3.13. The summed E-state index contributed by atoms with van der Waals surface area (Å²) in [7, 11) is 0. The van der Waals surface area contributed by atoms with Gasteiger partial charge in [-0.05, 0) is 38.6 Å². The van der Waals surface area contributed by atoms with E-state index in [1.807, 2.05) is 13.8 Å². The van der Waals surface area contributed by atoms with Gasteiger partial charge in [0.25, 0.3) is 0 Å². The molecule has 11 heteroatoms. The first-order chi connectivity index (χ1) is 12.3. The van der Waals surface area contributed by atoms with Crippen molar-refractivity contribution < 1.29 is 34.8 Å². The van der Waals surface area contributed by atoms with Crippen molar-refractivity contribution in [3.8, 4) is 0 Å². The molecular weight excluding hydrogens is 360 g/mol. The Morgan fingerprint density at radius 2 is 1.26 bits per heavy atom. The lowest BCUT2D eigenvalue weighted by Crippen LogP contribution is -2.39. The van der Waals surface area contributed by atoms with E-state index in [1.54, 1.807) is 0 Å². The number of nitrogens with two attached hydrogens (primary N) is 4. The Morgan fingerprint density at radius 1 is 0.815 bits per heavy atom. The first kappa shape index (κ1) is 30.0. The monoisotopic (exact) mass is 396 g/mol. The van der Waals surface area contributed by atoms with Crippen LogP contribution in [0.1, 0.15) is 46.5 Å². The summed E-state index contributed by atoms with van der Waals surface area (Å²) in [6, 6.07) is -2.56. The SMILES string of the molecule is CC(C)CC(N)C(=O)O.CC(O)C(N)C(=O)O.NCCCCC(N)C(=O)O. The summed E-state index contributed by atoms with van der Waals surface area (Å²) >= 11 is 0. The van der Waals surface area contributed by atoms with Crippen LogP contribution in [-0.2, 0) is 14.4 Å². The van der Waals surface area contributed by atoms with Gasteiger partial charge in [0.15, 0.2) is 0 Å². The molecule has 4 unspecified atom stereocenters. The van der Waals surface area contributed by atoms with E-state index in [0.29, 0.717) is 25.3 Å². The summed E-state index contributed by atoms with van der Waals surface area (Å²) in [5, 5.41) is 33.2. The number of carbonyl (C=O) groups is 3. The predicted octanol–water partition coefficient (Wildman–Crippen LogP) is -1.25. The molecule has 0 radical (unpaired) electrons. The first-order valence-electron chi connectivity index (χ1n) is 8.61. The van der Waals surface area contributed by atoms with Gasteiger partial charge in [-0.15, -0.1) is 0 Å². The Labute approximate surface area is 159 Å². The van der Waals surface area contributed by atoms with Crippen molar-refractivity contribution in [1.29, 1.82) is 0 Å². The van der Waals surface area contributed by atoms with E-state index in [-0.39, 0.29) is 0 Å². The minimum atomic E-state index is -1.18. The van der Waals surface area contributed by atoms with Crippen LogP contribution in [-0.4, -0.2) is 69.1 Å². The molecule has 12 N–H and O–H groups in total. The van der Waals surface area contributed by atoms with Crippen molar-refractivity contribution >= 4 is 17.9 Å². The van der Waals surface area contributed by atoms with Gasteiger partial charge in [0.05, 0.1) is 6.10 Å². The van der Waals surface area contributed by atoms with Crippen molar-refractivity contribution in [2.45, 2.75) is 70.7 Å². The number of aliphatic hydroxyl groups excluding tert-OH is 1. The summed E-state index contributed by atoms with van der Waals surface area (Å²) in [6.07, 6.45) is 1.74. The van der Waals surface area contributed by atoms with E-state index in [1.165, 1.54) is 6.92 Å². The second kappa shape index (κ2) is 17.6. The van der Waals surface area contributed by atoms with Crippen LogP contribution in [0.2, 0.25) is 0 Å². The number of hydrogen-bond acceptors (Lipinski definition) is 8. The summed E-state index contributed by atoms with van der Waals surface area (Å²) < 4.78 is 0. The number of rotatable bonds is 10. The zero-order valence-electron chi connectivity index (χ0n) is 16.2. The average molecular weight is 396 g/mol. The highest BCUT2D eigenvalue weighted by atomic mass is 16.4. The normalized spacial score (nSPS) is 14.6. The quantitative estimate of drug-likeness (QED) is 0.203. The van der Waals surface area contributed by atoms with Crippen molar-refractivity contribution in [3.05, 3.63) is 0 Å². The smallest absolute Gasteiger partial charge is 0.323 e. The van der Waals surface area contributed by atoms with Crippen LogP contribution in [0, 0.1) is 5.92 Å². The molecule has 0 saturated carbocycles. The maximum absolute atomic E-state index is 10.1. The molecule has 0 saturated heterocycles. The van der Waals surface area contributed by atoms with Crippen LogP contribution >= 0.6 is 0 Å². The highest BCUT2D eigenvalue weighted by Crippen LogP contribution is 2.01. The average Bonchev–Trinajstić information content (AvgIpc) is 2.54. The summed E-state index contributed by atoms with van der Waals surface area (Å²) in [5.74, 6) is -2.67. The lowest BCUT2D eigenvalue weighted by Gasteiger charge is -2.07. The zero-order chi connectivity index (χ0) is 22.2. The van der Waals surface area contributed by atoms with Gasteiger partial charge in [-0.25, -0.2) is 0 Å². The minimum Gasteiger partial charge on any atom is -0.480 e. The van der Waals surface area contributed by atoms with Crippen molar-refractivity contribution in [1.82, 2.24) is 0 Å². The fourth-order valence-electron chi connectivity index (χ4n) is 1.45. The highest BCUT2D eigenvalue weighted by Gasteiger charge is 2.16. The third kappa shape index (κ3) is 22.2. The van der Waals surface area contributed by atoms with Gasteiger partial charge in [-0.1, -0.05) is 20.3 Å². The molecule has 0 amide bonds. The van der Waals surface area contributed by atoms with Gasteiger partial charge in [0, 0.05) is 0 Å². The van der Waals surface area contributed by atoms with E-state index in [0.717, 1.165) is 12.8 Å². The molecule has 0 aliphatic carbocycles. The van der Waals surface area contributed by atoms with E-state index in [9.17, 15) is 14.4 Å². The van der Waals surface area contributed by atoms with Gasteiger partial charge in [-0.3, -0.25) is 14.4 Å². The molecule has 0 bridgehead atoms. The van der Waals surface area contributed by atoms with E-state index in [4.69, 9.17) is 43.4 Å². The molecular formula is C16H36N4O7. The molecule has 11 nitrogen and oxygen atoms in total.